The van der Waals surface area contributed by atoms with Gasteiger partial charge in [0.1, 0.15) is 5.76 Å². The first-order valence-electron chi connectivity index (χ1n) is 8.45. The molecule has 0 radical (unpaired) electrons. The molecular formula is C16H26N4O2. The van der Waals surface area contributed by atoms with Crippen LogP contribution in [0.15, 0.2) is 10.6 Å². The lowest BCUT2D eigenvalue weighted by Gasteiger charge is -2.39. The molecule has 1 aromatic heterocycles. The first-order valence-corrected chi connectivity index (χ1v) is 8.45. The van der Waals surface area contributed by atoms with E-state index < -0.39 is 0 Å². The van der Waals surface area contributed by atoms with E-state index in [1.54, 1.807) is 6.07 Å². The SMILES string of the molecule is Cc1cc(NC(=O)N2CCN(C3CCCCCC3)CC2)no1. The Kier molecular flexibility index (Phi) is 4.97. The molecule has 1 aliphatic carbocycles. The molecule has 2 fully saturated rings. The number of carbonyl (C=O) groups excluding carboxylic acids is 1. The molecule has 0 atom stereocenters. The van der Waals surface area contributed by atoms with Crippen molar-refractivity contribution in [2.24, 2.45) is 0 Å². The Balaban J connectivity index is 1.47. The zero-order valence-electron chi connectivity index (χ0n) is 13.4. The highest BCUT2D eigenvalue weighted by molar-refractivity contribution is 5.88. The van der Waals surface area contributed by atoms with Crippen LogP contribution in [-0.4, -0.2) is 53.2 Å². The molecule has 6 nitrogen and oxygen atoms in total. The third-order valence-electron chi connectivity index (χ3n) is 4.81. The maximum Gasteiger partial charge on any atom is 0.323 e. The van der Waals surface area contributed by atoms with Crippen molar-refractivity contribution in [1.82, 2.24) is 15.0 Å². The minimum absolute atomic E-state index is 0.0752. The number of aryl methyl sites for hydroxylation is 1. The van der Waals surface area contributed by atoms with E-state index >= 15 is 0 Å². The average molecular weight is 306 g/mol. The van der Waals surface area contributed by atoms with Gasteiger partial charge in [-0.1, -0.05) is 30.8 Å². The Labute approximate surface area is 131 Å². The molecular weight excluding hydrogens is 280 g/mol. The van der Waals surface area contributed by atoms with Gasteiger partial charge in [-0.05, 0) is 19.8 Å². The molecule has 1 aliphatic heterocycles. The smallest absolute Gasteiger partial charge is 0.323 e. The Bertz CT molecular complexity index is 486. The van der Waals surface area contributed by atoms with Crippen LogP contribution in [-0.2, 0) is 0 Å². The summed E-state index contributed by atoms with van der Waals surface area (Å²) >= 11 is 0. The van der Waals surface area contributed by atoms with E-state index in [9.17, 15) is 4.79 Å². The Hall–Kier alpha value is -1.56. The number of amides is 2. The van der Waals surface area contributed by atoms with Gasteiger partial charge in [-0.3, -0.25) is 10.2 Å². The number of piperazine rings is 1. The predicted molar refractivity (Wildman–Crippen MR) is 84.9 cm³/mol. The molecule has 1 saturated carbocycles. The normalized spacial score (nSPS) is 21.6. The number of nitrogens with zero attached hydrogens (tertiary/aromatic N) is 3. The van der Waals surface area contributed by atoms with Crippen LogP contribution in [0.5, 0.6) is 0 Å². The molecule has 6 heteroatoms. The van der Waals surface area contributed by atoms with Gasteiger partial charge in [-0.25, -0.2) is 4.79 Å². The van der Waals surface area contributed by atoms with Gasteiger partial charge in [-0.15, -0.1) is 0 Å². The van der Waals surface area contributed by atoms with Gasteiger partial charge < -0.3 is 9.42 Å². The van der Waals surface area contributed by atoms with E-state index in [0.717, 1.165) is 32.2 Å². The number of carbonyl (C=O) groups is 1. The summed E-state index contributed by atoms with van der Waals surface area (Å²) < 4.78 is 4.97. The zero-order valence-corrected chi connectivity index (χ0v) is 13.4. The summed E-state index contributed by atoms with van der Waals surface area (Å²) in [6, 6.07) is 2.39. The molecule has 1 N–H and O–H groups in total. The van der Waals surface area contributed by atoms with Gasteiger partial charge in [-0.2, -0.15) is 0 Å². The average Bonchev–Trinajstić information content (AvgIpc) is 2.78. The molecule has 22 heavy (non-hydrogen) atoms. The second kappa shape index (κ2) is 7.13. The summed E-state index contributed by atoms with van der Waals surface area (Å²) in [5, 5.41) is 6.61. The van der Waals surface area contributed by atoms with Crippen LogP contribution in [0.2, 0.25) is 0 Å². The number of urea groups is 1. The molecule has 0 spiro atoms. The number of anilines is 1. The fraction of sp³-hybridized carbons (Fsp3) is 0.750. The predicted octanol–water partition coefficient (Wildman–Crippen LogP) is 2.86. The van der Waals surface area contributed by atoms with Gasteiger partial charge in [0.25, 0.3) is 0 Å². The lowest BCUT2D eigenvalue weighted by atomic mass is 10.1. The van der Waals surface area contributed by atoms with Gasteiger partial charge in [0.15, 0.2) is 5.82 Å². The van der Waals surface area contributed by atoms with E-state index in [1.807, 2.05) is 11.8 Å². The zero-order chi connectivity index (χ0) is 15.4. The fourth-order valence-electron chi connectivity index (χ4n) is 3.53. The molecule has 1 saturated heterocycles. The molecule has 0 bridgehead atoms. The lowest BCUT2D eigenvalue weighted by molar-refractivity contribution is 0.105. The summed E-state index contributed by atoms with van der Waals surface area (Å²) in [5.74, 6) is 1.20. The minimum Gasteiger partial charge on any atom is -0.360 e. The third-order valence-corrected chi connectivity index (χ3v) is 4.81. The number of hydrogen-bond donors (Lipinski definition) is 1. The van der Waals surface area contributed by atoms with Crippen molar-refractivity contribution in [3.05, 3.63) is 11.8 Å². The van der Waals surface area contributed by atoms with E-state index in [2.05, 4.69) is 15.4 Å². The summed E-state index contributed by atoms with van der Waals surface area (Å²) in [6.45, 7) is 5.36. The van der Waals surface area contributed by atoms with Crippen molar-refractivity contribution in [3.8, 4) is 0 Å². The minimum atomic E-state index is -0.0752. The monoisotopic (exact) mass is 306 g/mol. The number of hydrogen-bond acceptors (Lipinski definition) is 4. The third kappa shape index (κ3) is 3.80. The van der Waals surface area contributed by atoms with Crippen LogP contribution >= 0.6 is 0 Å². The maximum atomic E-state index is 12.2. The summed E-state index contributed by atoms with van der Waals surface area (Å²) in [6.07, 6.45) is 8.13. The van der Waals surface area contributed by atoms with Gasteiger partial charge in [0, 0.05) is 38.3 Å². The van der Waals surface area contributed by atoms with Gasteiger partial charge in [0.2, 0.25) is 0 Å². The highest BCUT2D eigenvalue weighted by Crippen LogP contribution is 2.23. The van der Waals surface area contributed by atoms with Crippen LogP contribution < -0.4 is 5.32 Å². The quantitative estimate of drug-likeness (QED) is 0.854. The molecule has 0 unspecified atom stereocenters. The van der Waals surface area contributed by atoms with E-state index in [1.165, 1.54) is 38.5 Å². The Morgan fingerprint density at radius 2 is 1.86 bits per heavy atom. The highest BCUT2D eigenvalue weighted by atomic mass is 16.5. The van der Waals surface area contributed by atoms with E-state index in [0.29, 0.717) is 11.6 Å². The van der Waals surface area contributed by atoms with Crippen LogP contribution in [0.4, 0.5) is 10.6 Å². The number of nitrogens with one attached hydrogen (secondary N) is 1. The number of rotatable bonds is 2. The second-order valence-electron chi connectivity index (χ2n) is 6.42. The molecule has 2 amide bonds. The van der Waals surface area contributed by atoms with Crippen molar-refractivity contribution in [2.75, 3.05) is 31.5 Å². The van der Waals surface area contributed by atoms with Crippen LogP contribution in [0.3, 0.4) is 0 Å². The molecule has 2 aliphatic rings. The highest BCUT2D eigenvalue weighted by Gasteiger charge is 2.26. The van der Waals surface area contributed by atoms with E-state index in [4.69, 9.17) is 4.52 Å². The largest absolute Gasteiger partial charge is 0.360 e. The van der Waals surface area contributed by atoms with E-state index in [-0.39, 0.29) is 6.03 Å². The van der Waals surface area contributed by atoms with Crippen LogP contribution in [0.1, 0.15) is 44.3 Å². The molecule has 0 aromatic carbocycles. The summed E-state index contributed by atoms with van der Waals surface area (Å²) in [7, 11) is 0. The maximum absolute atomic E-state index is 12.2. The van der Waals surface area contributed by atoms with Gasteiger partial charge in [0.05, 0.1) is 0 Å². The number of aromatic nitrogens is 1. The van der Waals surface area contributed by atoms with Crippen molar-refractivity contribution >= 4 is 11.8 Å². The molecule has 3 rings (SSSR count). The topological polar surface area (TPSA) is 61.6 Å². The standard InChI is InChI=1S/C16H26N4O2/c1-13-12-15(18-22-13)17-16(21)20-10-8-19(9-11-20)14-6-4-2-3-5-7-14/h12,14H,2-11H2,1H3,(H,17,18,21). The van der Waals surface area contributed by atoms with Crippen LogP contribution in [0, 0.1) is 6.92 Å². The summed E-state index contributed by atoms with van der Waals surface area (Å²) in [5.41, 5.74) is 0. The van der Waals surface area contributed by atoms with Crippen molar-refractivity contribution in [1.29, 1.82) is 0 Å². The summed E-state index contributed by atoms with van der Waals surface area (Å²) in [4.78, 5) is 16.7. The van der Waals surface area contributed by atoms with Crippen molar-refractivity contribution in [3.63, 3.8) is 0 Å². The molecule has 1 aromatic rings. The van der Waals surface area contributed by atoms with Crippen molar-refractivity contribution < 1.29 is 9.32 Å². The first-order chi connectivity index (χ1) is 10.7. The Morgan fingerprint density at radius 1 is 1.18 bits per heavy atom. The Morgan fingerprint density at radius 3 is 2.45 bits per heavy atom. The fourth-order valence-corrected chi connectivity index (χ4v) is 3.53. The molecule has 122 valence electrons. The first kappa shape index (κ1) is 15.3. The van der Waals surface area contributed by atoms with Crippen LogP contribution in [0.25, 0.3) is 0 Å². The second-order valence-corrected chi connectivity index (χ2v) is 6.42. The van der Waals surface area contributed by atoms with Gasteiger partial charge >= 0.3 is 6.03 Å². The molecule has 2 heterocycles. The lowest BCUT2D eigenvalue weighted by Crippen LogP contribution is -2.52. The van der Waals surface area contributed by atoms with Crippen molar-refractivity contribution in [2.45, 2.75) is 51.5 Å².